The minimum Gasteiger partial charge on any atom is -0.337 e. The Morgan fingerprint density at radius 2 is 1.79 bits per heavy atom. The summed E-state index contributed by atoms with van der Waals surface area (Å²) in [5, 5.41) is 0.819. The van der Waals surface area contributed by atoms with E-state index in [4.69, 9.17) is 0 Å². The van der Waals surface area contributed by atoms with Crippen molar-refractivity contribution >= 4 is 17.7 Å². The summed E-state index contributed by atoms with van der Waals surface area (Å²) >= 11 is 1.48. The number of aromatic nitrogens is 2. The summed E-state index contributed by atoms with van der Waals surface area (Å²) in [6, 6.07) is 10.7. The molecule has 24 heavy (non-hydrogen) atoms. The second-order valence-corrected chi connectivity index (χ2v) is 7.52. The third-order valence-electron chi connectivity index (χ3n) is 3.91. The highest BCUT2D eigenvalue weighted by Gasteiger charge is 2.20. The van der Waals surface area contributed by atoms with Crippen molar-refractivity contribution in [3.05, 3.63) is 47.3 Å². The van der Waals surface area contributed by atoms with E-state index < -0.39 is 0 Å². The number of amides is 1. The van der Waals surface area contributed by atoms with E-state index in [1.54, 1.807) is 0 Å². The van der Waals surface area contributed by atoms with Gasteiger partial charge in [-0.3, -0.25) is 4.79 Å². The van der Waals surface area contributed by atoms with Crippen molar-refractivity contribution in [2.75, 3.05) is 5.75 Å². The summed E-state index contributed by atoms with van der Waals surface area (Å²) in [4.78, 5) is 22.3. The average Bonchev–Trinajstić information content (AvgIpc) is 2.85. The van der Waals surface area contributed by atoms with E-state index in [0.717, 1.165) is 23.0 Å². The van der Waals surface area contributed by atoms with Crippen LogP contribution >= 0.6 is 11.8 Å². The lowest BCUT2D eigenvalue weighted by Crippen LogP contribution is -2.43. The van der Waals surface area contributed by atoms with Crippen molar-refractivity contribution in [2.24, 2.45) is 0 Å². The van der Waals surface area contributed by atoms with Gasteiger partial charge in [0.1, 0.15) is 0 Å². The number of rotatable bonds is 7. The maximum absolute atomic E-state index is 12.4. The highest BCUT2D eigenvalue weighted by molar-refractivity contribution is 7.99. The highest BCUT2D eigenvalue weighted by Crippen LogP contribution is 2.20. The number of hydrogen-bond donors (Lipinski definition) is 1. The Morgan fingerprint density at radius 1 is 1.17 bits per heavy atom. The van der Waals surface area contributed by atoms with Crippen LogP contribution in [0.3, 0.4) is 0 Å². The van der Waals surface area contributed by atoms with Crippen molar-refractivity contribution in [2.45, 2.75) is 58.3 Å². The normalized spacial score (nSPS) is 11.3. The Bertz CT molecular complexity index is 657. The Labute approximate surface area is 149 Å². The van der Waals surface area contributed by atoms with Gasteiger partial charge in [0.15, 0.2) is 5.16 Å². The second kappa shape index (κ2) is 8.38. The molecule has 0 saturated carbocycles. The molecule has 5 heteroatoms. The summed E-state index contributed by atoms with van der Waals surface area (Å²) in [6.07, 6.45) is 0.807. The number of carbonyl (C=O) groups is 1. The van der Waals surface area contributed by atoms with Crippen molar-refractivity contribution in [3.8, 4) is 0 Å². The molecule has 0 radical (unpaired) electrons. The van der Waals surface area contributed by atoms with Gasteiger partial charge in [0, 0.05) is 24.2 Å². The molecule has 0 saturated heterocycles. The van der Waals surface area contributed by atoms with Gasteiger partial charge in [-0.25, -0.2) is 4.98 Å². The zero-order chi connectivity index (χ0) is 17.7. The predicted octanol–water partition coefficient (Wildman–Crippen LogP) is 4.05. The highest BCUT2D eigenvalue weighted by atomic mass is 32.2. The lowest BCUT2D eigenvalue weighted by Gasteiger charge is -2.30. The molecule has 1 heterocycles. The second-order valence-electron chi connectivity index (χ2n) is 6.55. The van der Waals surface area contributed by atoms with Gasteiger partial charge >= 0.3 is 0 Å². The Morgan fingerprint density at radius 3 is 2.38 bits per heavy atom. The van der Waals surface area contributed by atoms with Crippen LogP contribution in [-0.2, 0) is 11.2 Å². The van der Waals surface area contributed by atoms with E-state index in [-0.39, 0.29) is 18.0 Å². The fourth-order valence-corrected chi connectivity index (χ4v) is 3.68. The number of carbonyl (C=O) groups excluding carboxylic acids is 1. The minimum atomic E-state index is 0.156. The first-order valence-corrected chi connectivity index (χ1v) is 9.40. The van der Waals surface area contributed by atoms with Crippen LogP contribution in [0.4, 0.5) is 0 Å². The number of benzene rings is 1. The molecule has 0 aliphatic carbocycles. The molecule has 2 rings (SSSR count). The molecule has 1 amide bonds. The Kier molecular flexibility index (Phi) is 6.49. The molecule has 4 nitrogen and oxygen atoms in total. The zero-order valence-corrected chi connectivity index (χ0v) is 16.0. The summed E-state index contributed by atoms with van der Waals surface area (Å²) in [6.45, 7) is 10.2. The number of aromatic amines is 1. The number of nitrogens with zero attached hydrogens (tertiary/aromatic N) is 2. The standard InChI is InChI=1S/C19H27N3OS/c1-13(2)22(14(3)4)18(23)12-24-19-20-15(5)17(21-19)11-16-9-7-6-8-10-16/h6-10,13-14H,11-12H2,1-5H3,(H,20,21). The largest absolute Gasteiger partial charge is 0.337 e. The Hall–Kier alpha value is -1.75. The first-order chi connectivity index (χ1) is 11.4. The lowest BCUT2D eigenvalue weighted by atomic mass is 10.1. The minimum absolute atomic E-state index is 0.156. The van der Waals surface area contributed by atoms with Gasteiger partial charge in [0.2, 0.25) is 5.91 Å². The molecule has 0 spiro atoms. The monoisotopic (exact) mass is 345 g/mol. The fraction of sp³-hybridized carbons (Fsp3) is 0.474. The summed E-state index contributed by atoms with van der Waals surface area (Å²) in [5.41, 5.74) is 3.35. The molecule has 0 aliphatic rings. The van der Waals surface area contributed by atoms with E-state index in [9.17, 15) is 4.79 Å². The van der Waals surface area contributed by atoms with Gasteiger partial charge < -0.3 is 9.88 Å². The number of H-pyrrole nitrogens is 1. The van der Waals surface area contributed by atoms with Crippen molar-refractivity contribution in [1.82, 2.24) is 14.9 Å². The quantitative estimate of drug-likeness (QED) is 0.770. The fourth-order valence-electron chi connectivity index (χ4n) is 2.87. The average molecular weight is 346 g/mol. The van der Waals surface area contributed by atoms with Crippen LogP contribution in [0, 0.1) is 6.92 Å². The van der Waals surface area contributed by atoms with Crippen LogP contribution in [0.25, 0.3) is 0 Å². The van der Waals surface area contributed by atoms with E-state index >= 15 is 0 Å². The van der Waals surface area contributed by atoms with Crippen molar-refractivity contribution in [1.29, 1.82) is 0 Å². The van der Waals surface area contributed by atoms with E-state index in [0.29, 0.717) is 5.75 Å². The SMILES string of the molecule is Cc1[nH]c(SCC(=O)N(C(C)C)C(C)C)nc1Cc1ccccc1. The van der Waals surface area contributed by atoms with Crippen LogP contribution in [0.15, 0.2) is 35.5 Å². The zero-order valence-electron chi connectivity index (χ0n) is 15.2. The summed E-state index contributed by atoms with van der Waals surface area (Å²) in [5.74, 6) is 0.567. The van der Waals surface area contributed by atoms with Gasteiger partial charge in [0.25, 0.3) is 0 Å². The molecule has 1 aromatic carbocycles. The van der Waals surface area contributed by atoms with Crippen molar-refractivity contribution < 1.29 is 4.79 Å². The molecule has 0 atom stereocenters. The molecule has 130 valence electrons. The van der Waals surface area contributed by atoms with E-state index in [1.165, 1.54) is 17.3 Å². The Balaban J connectivity index is 1.99. The number of thioether (sulfide) groups is 1. The van der Waals surface area contributed by atoms with Gasteiger partial charge in [-0.2, -0.15) is 0 Å². The molecule has 1 N–H and O–H groups in total. The molecule has 0 unspecified atom stereocenters. The molecule has 0 fully saturated rings. The first kappa shape index (κ1) is 18.6. The van der Waals surface area contributed by atoms with E-state index in [1.807, 2.05) is 30.0 Å². The smallest absolute Gasteiger partial charge is 0.233 e. The lowest BCUT2D eigenvalue weighted by molar-refractivity contribution is -0.131. The maximum atomic E-state index is 12.4. The number of aryl methyl sites for hydroxylation is 1. The number of nitrogens with one attached hydrogen (secondary N) is 1. The van der Waals surface area contributed by atoms with Gasteiger partial charge in [-0.05, 0) is 40.2 Å². The van der Waals surface area contributed by atoms with Crippen LogP contribution in [-0.4, -0.2) is 38.6 Å². The molecule has 0 aliphatic heterocycles. The third-order valence-corrected chi connectivity index (χ3v) is 4.77. The molecular formula is C19H27N3OS. The molecule has 0 bridgehead atoms. The van der Waals surface area contributed by atoms with Gasteiger partial charge in [-0.1, -0.05) is 42.1 Å². The van der Waals surface area contributed by atoms with Crippen LogP contribution in [0.5, 0.6) is 0 Å². The summed E-state index contributed by atoms with van der Waals surface area (Å²) in [7, 11) is 0. The molecule has 2 aromatic rings. The van der Waals surface area contributed by atoms with E-state index in [2.05, 4.69) is 49.8 Å². The van der Waals surface area contributed by atoms with Crippen LogP contribution < -0.4 is 0 Å². The topological polar surface area (TPSA) is 49.0 Å². The van der Waals surface area contributed by atoms with Gasteiger partial charge in [0.05, 0.1) is 11.4 Å². The van der Waals surface area contributed by atoms with Crippen LogP contribution in [0.2, 0.25) is 0 Å². The molecular weight excluding hydrogens is 318 g/mol. The summed E-state index contributed by atoms with van der Waals surface area (Å²) < 4.78 is 0. The number of imidazole rings is 1. The molecule has 1 aromatic heterocycles. The third kappa shape index (κ3) is 4.87. The number of hydrogen-bond acceptors (Lipinski definition) is 3. The van der Waals surface area contributed by atoms with Crippen molar-refractivity contribution in [3.63, 3.8) is 0 Å². The van der Waals surface area contributed by atoms with Crippen LogP contribution in [0.1, 0.15) is 44.6 Å². The van der Waals surface area contributed by atoms with Gasteiger partial charge in [-0.15, -0.1) is 0 Å². The predicted molar refractivity (Wildman–Crippen MR) is 100 cm³/mol. The first-order valence-electron chi connectivity index (χ1n) is 8.41. The maximum Gasteiger partial charge on any atom is 0.233 e.